The maximum atomic E-state index is 13.1. The van der Waals surface area contributed by atoms with Gasteiger partial charge in [-0.3, -0.25) is 4.79 Å². The van der Waals surface area contributed by atoms with Crippen LogP contribution in [0.4, 0.5) is 13.2 Å². The Morgan fingerprint density at radius 2 is 1.69 bits per heavy atom. The highest BCUT2D eigenvalue weighted by Gasteiger charge is 2.34. The summed E-state index contributed by atoms with van der Waals surface area (Å²) in [4.78, 5) is 13.6. The van der Waals surface area contributed by atoms with Gasteiger partial charge in [0.15, 0.2) is 0 Å². The van der Waals surface area contributed by atoms with Crippen molar-refractivity contribution in [3.05, 3.63) is 93.4 Å². The minimum absolute atomic E-state index is 0.253. The van der Waals surface area contributed by atoms with Crippen molar-refractivity contribution in [1.29, 1.82) is 0 Å². The second-order valence-electron chi connectivity index (χ2n) is 6.54. The molecular formula is C23H16F3NOS. The van der Waals surface area contributed by atoms with Gasteiger partial charge in [-0.15, -0.1) is 0 Å². The highest BCUT2D eigenvalue weighted by Crippen LogP contribution is 2.43. The average molecular weight is 411 g/mol. The molecule has 1 aliphatic rings. The number of thioether (sulfide) groups is 1. The van der Waals surface area contributed by atoms with Gasteiger partial charge in [-0.1, -0.05) is 66.4 Å². The lowest BCUT2D eigenvalue weighted by Crippen LogP contribution is -2.08. The first kappa shape index (κ1) is 19.3. The number of hydrogen-bond donors (Lipinski definition) is 1. The molecule has 1 N–H and O–H groups in total. The van der Waals surface area contributed by atoms with Crippen LogP contribution in [0.1, 0.15) is 16.7 Å². The molecule has 3 aromatic rings. The van der Waals surface area contributed by atoms with Gasteiger partial charge in [0.2, 0.25) is 5.78 Å². The Kier molecular flexibility index (Phi) is 4.96. The Balaban J connectivity index is 1.77. The van der Waals surface area contributed by atoms with Crippen LogP contribution < -0.4 is 5.32 Å². The lowest BCUT2D eigenvalue weighted by Gasteiger charge is -2.09. The van der Waals surface area contributed by atoms with E-state index in [2.05, 4.69) is 5.32 Å². The van der Waals surface area contributed by atoms with Crippen molar-refractivity contribution < 1.29 is 18.0 Å². The van der Waals surface area contributed by atoms with E-state index < -0.39 is 11.7 Å². The largest absolute Gasteiger partial charge is 0.416 e. The molecule has 0 unspecified atom stereocenters. The van der Waals surface area contributed by atoms with E-state index in [-0.39, 0.29) is 16.9 Å². The molecule has 6 heteroatoms. The SMILES string of the molecule is CNC1=C(c2cccc(C(F)(F)F)c2)C(=O)/C(=C\c2cccc3ccccc23)S1. The van der Waals surface area contributed by atoms with Gasteiger partial charge in [0.1, 0.15) is 0 Å². The van der Waals surface area contributed by atoms with Gasteiger partial charge in [0.05, 0.1) is 21.1 Å². The normalized spacial score (nSPS) is 16.1. The molecule has 0 saturated heterocycles. The summed E-state index contributed by atoms with van der Waals surface area (Å²) in [5, 5.41) is 5.56. The van der Waals surface area contributed by atoms with Crippen LogP contribution in [0.2, 0.25) is 0 Å². The standard InChI is InChI=1S/C23H16F3NOS/c1-27-22-20(16-9-5-10-17(12-16)23(24,25)26)21(28)19(29-22)13-15-8-4-7-14-6-2-3-11-18(14)15/h2-13,27H,1H3/b19-13+. The van der Waals surface area contributed by atoms with E-state index >= 15 is 0 Å². The number of allylic oxidation sites excluding steroid dienone is 2. The summed E-state index contributed by atoms with van der Waals surface area (Å²) >= 11 is 1.24. The molecule has 0 amide bonds. The van der Waals surface area contributed by atoms with E-state index in [4.69, 9.17) is 0 Å². The molecule has 0 saturated carbocycles. The van der Waals surface area contributed by atoms with E-state index in [1.54, 1.807) is 13.1 Å². The monoisotopic (exact) mass is 411 g/mol. The summed E-state index contributed by atoms with van der Waals surface area (Å²) in [6, 6.07) is 18.5. The lowest BCUT2D eigenvalue weighted by molar-refractivity contribution is -0.137. The van der Waals surface area contributed by atoms with E-state index in [1.807, 2.05) is 42.5 Å². The number of nitrogens with one attached hydrogen (secondary N) is 1. The second-order valence-corrected chi connectivity index (χ2v) is 7.59. The maximum absolute atomic E-state index is 13.1. The van der Waals surface area contributed by atoms with Gasteiger partial charge in [-0.05, 0) is 40.1 Å². The quantitative estimate of drug-likeness (QED) is 0.528. The highest BCUT2D eigenvalue weighted by atomic mass is 32.2. The number of ketones is 1. The molecule has 2 nitrogen and oxygen atoms in total. The molecule has 146 valence electrons. The van der Waals surface area contributed by atoms with Crippen LogP contribution in [0.15, 0.2) is 76.7 Å². The molecule has 1 heterocycles. The van der Waals surface area contributed by atoms with Crippen molar-refractivity contribution in [2.24, 2.45) is 0 Å². The van der Waals surface area contributed by atoms with Crippen molar-refractivity contribution in [2.75, 3.05) is 7.05 Å². The second kappa shape index (κ2) is 7.44. The fourth-order valence-corrected chi connectivity index (χ4v) is 4.35. The number of hydrogen-bond acceptors (Lipinski definition) is 3. The molecule has 0 spiro atoms. The van der Waals surface area contributed by atoms with Crippen LogP contribution in [-0.2, 0) is 11.0 Å². The number of carbonyl (C=O) groups is 1. The van der Waals surface area contributed by atoms with Gasteiger partial charge in [-0.25, -0.2) is 0 Å². The number of rotatable bonds is 3. The van der Waals surface area contributed by atoms with Crippen LogP contribution >= 0.6 is 11.8 Å². The van der Waals surface area contributed by atoms with Gasteiger partial charge in [0, 0.05) is 7.05 Å². The average Bonchev–Trinajstić information content (AvgIpc) is 3.03. The fraction of sp³-hybridized carbons (Fsp3) is 0.0870. The van der Waals surface area contributed by atoms with Gasteiger partial charge in [-0.2, -0.15) is 13.2 Å². The first-order valence-electron chi connectivity index (χ1n) is 8.90. The lowest BCUT2D eigenvalue weighted by atomic mass is 9.98. The molecule has 0 fully saturated rings. The predicted molar refractivity (Wildman–Crippen MR) is 112 cm³/mol. The third-order valence-corrected chi connectivity index (χ3v) is 5.84. The molecule has 0 radical (unpaired) electrons. The molecule has 3 aromatic carbocycles. The molecule has 0 bridgehead atoms. The first-order valence-corrected chi connectivity index (χ1v) is 9.72. The van der Waals surface area contributed by atoms with Crippen molar-refractivity contribution in [3.63, 3.8) is 0 Å². The molecular weight excluding hydrogens is 395 g/mol. The number of benzene rings is 3. The summed E-state index contributed by atoms with van der Waals surface area (Å²) < 4.78 is 39.3. The smallest absolute Gasteiger partial charge is 0.382 e. The van der Waals surface area contributed by atoms with Crippen LogP contribution in [-0.4, -0.2) is 12.8 Å². The van der Waals surface area contributed by atoms with Crippen LogP contribution in [0.5, 0.6) is 0 Å². The summed E-state index contributed by atoms with van der Waals surface area (Å²) in [5.74, 6) is -0.286. The molecule has 1 aliphatic heterocycles. The highest BCUT2D eigenvalue weighted by molar-refractivity contribution is 8.08. The van der Waals surface area contributed by atoms with E-state index in [0.29, 0.717) is 9.93 Å². The predicted octanol–water partition coefficient (Wildman–Crippen LogP) is 6.10. The number of alkyl halides is 3. The molecule has 29 heavy (non-hydrogen) atoms. The summed E-state index contributed by atoms with van der Waals surface area (Å²) in [6.45, 7) is 0. The Bertz CT molecular complexity index is 1170. The number of carbonyl (C=O) groups excluding carboxylic acids is 1. The third-order valence-electron chi connectivity index (χ3n) is 4.71. The Labute approximate surface area is 170 Å². The molecule has 4 rings (SSSR count). The zero-order valence-corrected chi connectivity index (χ0v) is 16.2. The Hall–Kier alpha value is -2.99. The number of Topliss-reactive ketones (excluding diaryl/α,β-unsaturated/α-hetero) is 1. The zero-order valence-electron chi connectivity index (χ0n) is 15.4. The fourth-order valence-electron chi connectivity index (χ4n) is 3.34. The van der Waals surface area contributed by atoms with Crippen molar-refractivity contribution in [2.45, 2.75) is 6.18 Å². The van der Waals surface area contributed by atoms with Gasteiger partial charge in [0.25, 0.3) is 0 Å². The minimum Gasteiger partial charge on any atom is -0.382 e. The molecule has 0 aromatic heterocycles. The zero-order chi connectivity index (χ0) is 20.6. The van der Waals surface area contributed by atoms with Gasteiger partial charge >= 0.3 is 6.18 Å². The summed E-state index contributed by atoms with van der Waals surface area (Å²) in [6.07, 6.45) is -2.67. The van der Waals surface area contributed by atoms with Gasteiger partial charge < -0.3 is 5.32 Å². The minimum atomic E-state index is -4.47. The van der Waals surface area contributed by atoms with Crippen molar-refractivity contribution >= 4 is 40.0 Å². The molecule has 0 aliphatic carbocycles. The first-order chi connectivity index (χ1) is 13.9. The maximum Gasteiger partial charge on any atom is 0.416 e. The van der Waals surface area contributed by atoms with Crippen LogP contribution in [0, 0.1) is 0 Å². The summed E-state index contributed by atoms with van der Waals surface area (Å²) in [5.41, 5.74) is 0.625. The van der Waals surface area contributed by atoms with Crippen molar-refractivity contribution in [3.8, 4) is 0 Å². The third kappa shape index (κ3) is 3.68. The van der Waals surface area contributed by atoms with E-state index in [9.17, 15) is 18.0 Å². The van der Waals surface area contributed by atoms with E-state index in [0.717, 1.165) is 28.5 Å². The Morgan fingerprint density at radius 1 is 0.966 bits per heavy atom. The van der Waals surface area contributed by atoms with E-state index in [1.165, 1.54) is 23.9 Å². The molecule has 0 atom stereocenters. The van der Waals surface area contributed by atoms with Crippen LogP contribution in [0.25, 0.3) is 22.4 Å². The number of fused-ring (bicyclic) bond motifs is 1. The van der Waals surface area contributed by atoms with Crippen molar-refractivity contribution in [1.82, 2.24) is 5.32 Å². The Morgan fingerprint density at radius 3 is 2.45 bits per heavy atom. The summed E-state index contributed by atoms with van der Waals surface area (Å²) in [7, 11) is 1.66. The number of halogens is 3. The van der Waals surface area contributed by atoms with Crippen LogP contribution in [0.3, 0.4) is 0 Å². The topological polar surface area (TPSA) is 29.1 Å².